The number of carbonyl (C=O) groups excluding carboxylic acids is 2. The van der Waals surface area contributed by atoms with Gasteiger partial charge < -0.3 is 4.74 Å². The normalized spacial score (nSPS) is 11.9. The van der Waals surface area contributed by atoms with E-state index in [1.54, 1.807) is 47.7 Å². The maximum atomic E-state index is 13.0. The summed E-state index contributed by atoms with van der Waals surface area (Å²) < 4.78 is 6.73. The summed E-state index contributed by atoms with van der Waals surface area (Å²) >= 11 is 1.57. The zero-order valence-electron chi connectivity index (χ0n) is 15.7. The van der Waals surface area contributed by atoms with Gasteiger partial charge in [0.1, 0.15) is 0 Å². The molecule has 0 saturated heterocycles. The van der Waals surface area contributed by atoms with E-state index in [2.05, 4.69) is 4.98 Å². The molecule has 0 bridgehead atoms. The molecule has 1 atom stereocenters. The fraction of sp³-hybridized carbons (Fsp3) is 0.125. The van der Waals surface area contributed by atoms with Crippen molar-refractivity contribution in [2.75, 3.05) is 0 Å². The minimum atomic E-state index is -0.957. The number of ketones is 1. The molecular weight excluding hydrogens is 382 g/mol. The summed E-state index contributed by atoms with van der Waals surface area (Å²) in [6.07, 6.45) is -0.300. The molecule has 0 radical (unpaired) electrons. The average Bonchev–Trinajstić information content (AvgIpc) is 3.20. The lowest BCUT2D eigenvalue weighted by Gasteiger charge is -2.17. The Morgan fingerprint density at radius 3 is 2.24 bits per heavy atom. The van der Waals surface area contributed by atoms with E-state index in [9.17, 15) is 9.59 Å². The Morgan fingerprint density at radius 1 is 0.862 bits per heavy atom. The number of benzene rings is 3. The highest BCUT2D eigenvalue weighted by Crippen LogP contribution is 2.25. The van der Waals surface area contributed by atoms with Gasteiger partial charge in [-0.3, -0.25) is 9.59 Å². The summed E-state index contributed by atoms with van der Waals surface area (Å²) in [6, 6.07) is 25.9. The number of carbonyl (C=O) groups is 2. The number of esters is 1. The van der Waals surface area contributed by atoms with Crippen LogP contribution in [0.2, 0.25) is 0 Å². The van der Waals surface area contributed by atoms with Crippen molar-refractivity contribution in [2.24, 2.45) is 0 Å². The molecule has 0 amide bonds. The zero-order valence-corrected chi connectivity index (χ0v) is 16.5. The van der Waals surface area contributed by atoms with E-state index in [1.165, 1.54) is 0 Å². The van der Waals surface area contributed by atoms with Crippen LogP contribution in [0.15, 0.2) is 84.9 Å². The summed E-state index contributed by atoms with van der Waals surface area (Å²) in [7, 11) is 0. The number of thiazole rings is 1. The Balaban J connectivity index is 1.48. The predicted molar refractivity (Wildman–Crippen MR) is 114 cm³/mol. The van der Waals surface area contributed by atoms with E-state index in [0.717, 1.165) is 15.2 Å². The Bertz CT molecular complexity index is 1090. The second-order valence-electron chi connectivity index (χ2n) is 6.59. The van der Waals surface area contributed by atoms with Gasteiger partial charge in [0.2, 0.25) is 5.78 Å². The molecule has 0 aliphatic carbocycles. The van der Waals surface area contributed by atoms with E-state index in [0.29, 0.717) is 17.5 Å². The molecule has 0 N–H and O–H groups in total. The van der Waals surface area contributed by atoms with Gasteiger partial charge in [-0.2, -0.15) is 0 Å². The lowest BCUT2D eigenvalue weighted by atomic mass is 10.00. The number of Topliss-reactive ketones (excluding diaryl/α,β-unsaturated/α-hetero) is 1. The largest absolute Gasteiger partial charge is 0.449 e. The number of ether oxygens (including phenoxy) is 1. The first-order valence-corrected chi connectivity index (χ1v) is 10.2. The van der Waals surface area contributed by atoms with Gasteiger partial charge in [0, 0.05) is 17.5 Å². The predicted octanol–water partition coefficient (Wildman–Crippen LogP) is 5.40. The van der Waals surface area contributed by atoms with Crippen molar-refractivity contribution >= 4 is 33.3 Å². The molecular formula is C24H19NO3S. The van der Waals surface area contributed by atoms with Crippen LogP contribution in [0.1, 0.15) is 33.5 Å². The number of aromatic nitrogens is 1. The van der Waals surface area contributed by atoms with Crippen molar-refractivity contribution in [3.8, 4) is 0 Å². The van der Waals surface area contributed by atoms with Crippen molar-refractivity contribution < 1.29 is 14.3 Å². The fourth-order valence-corrected chi connectivity index (χ4v) is 4.05. The van der Waals surface area contributed by atoms with Gasteiger partial charge in [-0.05, 0) is 12.1 Å². The number of hydrogen-bond acceptors (Lipinski definition) is 5. The summed E-state index contributed by atoms with van der Waals surface area (Å²) in [4.78, 5) is 30.1. The van der Waals surface area contributed by atoms with Crippen LogP contribution < -0.4 is 0 Å². The van der Waals surface area contributed by atoms with Gasteiger partial charge in [0.15, 0.2) is 6.10 Å². The van der Waals surface area contributed by atoms with Crippen LogP contribution in [0.4, 0.5) is 0 Å². The number of nitrogens with zero attached hydrogens (tertiary/aromatic N) is 1. The van der Waals surface area contributed by atoms with Gasteiger partial charge in [-0.1, -0.05) is 72.8 Å². The van der Waals surface area contributed by atoms with Crippen molar-refractivity contribution in [3.05, 3.63) is 101 Å². The highest BCUT2D eigenvalue weighted by atomic mass is 32.1. The Kier molecular flexibility index (Phi) is 5.77. The number of fused-ring (bicyclic) bond motifs is 1. The van der Waals surface area contributed by atoms with Gasteiger partial charge in [-0.25, -0.2) is 4.98 Å². The lowest BCUT2D eigenvalue weighted by Crippen LogP contribution is -2.20. The number of hydrogen-bond donors (Lipinski definition) is 0. The molecule has 4 aromatic rings. The molecule has 0 fully saturated rings. The Labute approximate surface area is 172 Å². The summed E-state index contributed by atoms with van der Waals surface area (Å²) in [6.45, 7) is 0. The van der Waals surface area contributed by atoms with Gasteiger partial charge in [0.25, 0.3) is 0 Å². The SMILES string of the molecule is O=C(CCc1nc2ccccc2s1)O[C@H](C(=O)c1ccccc1)c1ccccc1. The van der Waals surface area contributed by atoms with Crippen molar-refractivity contribution in [1.29, 1.82) is 0 Å². The molecule has 0 spiro atoms. The van der Waals surface area contributed by atoms with E-state index in [4.69, 9.17) is 4.74 Å². The summed E-state index contributed by atoms with van der Waals surface area (Å²) in [5.74, 6) is -0.646. The maximum Gasteiger partial charge on any atom is 0.307 e. The molecule has 4 nitrogen and oxygen atoms in total. The second-order valence-corrected chi connectivity index (χ2v) is 7.70. The third kappa shape index (κ3) is 4.58. The Morgan fingerprint density at radius 2 is 1.52 bits per heavy atom. The van der Waals surface area contributed by atoms with Crippen LogP contribution in [0.5, 0.6) is 0 Å². The van der Waals surface area contributed by atoms with Crippen molar-refractivity contribution in [3.63, 3.8) is 0 Å². The summed E-state index contributed by atoms with van der Waals surface area (Å²) in [5.41, 5.74) is 2.11. The first-order valence-electron chi connectivity index (χ1n) is 9.39. The standard InChI is InChI=1S/C24H19NO3S/c26-22(16-15-21-25-19-13-7-8-14-20(19)29-21)28-24(18-11-5-2-6-12-18)23(27)17-9-3-1-4-10-17/h1-14,24H,15-16H2/t24-/m0/s1. The highest BCUT2D eigenvalue weighted by Gasteiger charge is 2.26. The van der Waals surface area contributed by atoms with E-state index in [-0.39, 0.29) is 12.2 Å². The molecule has 0 unspecified atom stereocenters. The van der Waals surface area contributed by atoms with E-state index < -0.39 is 12.1 Å². The maximum absolute atomic E-state index is 13.0. The summed E-state index contributed by atoms with van der Waals surface area (Å²) in [5, 5.41) is 0.883. The molecule has 4 rings (SSSR count). The number of rotatable bonds is 7. The number of aryl methyl sites for hydroxylation is 1. The van der Waals surface area contributed by atoms with Crippen molar-refractivity contribution in [2.45, 2.75) is 18.9 Å². The lowest BCUT2D eigenvalue weighted by molar-refractivity contribution is -0.147. The van der Waals surface area contributed by atoms with Crippen LogP contribution in [-0.4, -0.2) is 16.7 Å². The van der Waals surface area contributed by atoms with Crippen molar-refractivity contribution in [1.82, 2.24) is 4.98 Å². The molecule has 1 aromatic heterocycles. The van der Waals surface area contributed by atoms with Gasteiger partial charge in [-0.15, -0.1) is 11.3 Å². The molecule has 0 aliphatic rings. The van der Waals surface area contributed by atoms with Gasteiger partial charge in [0.05, 0.1) is 21.6 Å². The fourth-order valence-electron chi connectivity index (χ4n) is 3.08. The molecule has 0 aliphatic heterocycles. The third-order valence-corrected chi connectivity index (χ3v) is 5.63. The molecule has 3 aromatic carbocycles. The smallest absolute Gasteiger partial charge is 0.307 e. The molecule has 5 heteroatoms. The monoisotopic (exact) mass is 401 g/mol. The molecule has 1 heterocycles. The van der Waals surface area contributed by atoms with Crippen LogP contribution in [0.25, 0.3) is 10.2 Å². The molecule has 29 heavy (non-hydrogen) atoms. The van der Waals surface area contributed by atoms with Gasteiger partial charge >= 0.3 is 5.97 Å². The third-order valence-electron chi connectivity index (χ3n) is 4.53. The van der Waals surface area contributed by atoms with Crippen LogP contribution in [-0.2, 0) is 16.0 Å². The minimum absolute atomic E-state index is 0.172. The Hall–Kier alpha value is -3.31. The second kappa shape index (κ2) is 8.80. The average molecular weight is 401 g/mol. The van der Waals surface area contributed by atoms with E-state index >= 15 is 0 Å². The van der Waals surface area contributed by atoms with Crippen LogP contribution in [0, 0.1) is 0 Å². The first kappa shape index (κ1) is 19.0. The minimum Gasteiger partial charge on any atom is -0.449 e. The molecule has 144 valence electrons. The van der Waals surface area contributed by atoms with Crippen LogP contribution in [0.3, 0.4) is 0 Å². The topological polar surface area (TPSA) is 56.3 Å². The highest BCUT2D eigenvalue weighted by molar-refractivity contribution is 7.18. The first-order chi connectivity index (χ1) is 14.2. The van der Waals surface area contributed by atoms with E-state index in [1.807, 2.05) is 48.5 Å². The zero-order chi connectivity index (χ0) is 20.1. The number of para-hydroxylation sites is 1. The molecule has 0 saturated carbocycles. The quantitative estimate of drug-likeness (QED) is 0.307. The van der Waals surface area contributed by atoms with Crippen LogP contribution >= 0.6 is 11.3 Å².